The molecule has 0 unspecified atom stereocenters. The zero-order chi connectivity index (χ0) is 26.4. The average Bonchev–Trinajstić information content (AvgIpc) is 3.18. The van der Waals surface area contributed by atoms with Crippen molar-refractivity contribution in [1.82, 2.24) is 20.4 Å². The molecule has 7 rings (SSSR count). The third kappa shape index (κ3) is 5.17. The van der Waals surface area contributed by atoms with Gasteiger partial charge in [-0.25, -0.2) is 9.48 Å². The maximum atomic E-state index is 12.8. The largest absolute Gasteiger partial charge is 0.338 e. The Morgan fingerprint density at radius 1 is 0.947 bits per heavy atom. The Bertz CT molecular complexity index is 1310. The number of rotatable bonds is 7. The highest BCUT2D eigenvalue weighted by Crippen LogP contribution is 2.61. The predicted molar refractivity (Wildman–Crippen MR) is 154 cm³/mol. The number of hydrogen-bond donors (Lipinski definition) is 2. The van der Waals surface area contributed by atoms with E-state index in [2.05, 4.69) is 10.6 Å². The maximum Gasteiger partial charge on any atom is 0.315 e. The van der Waals surface area contributed by atoms with Crippen LogP contribution in [0.2, 0.25) is 15.1 Å². The Labute approximate surface area is 239 Å². The van der Waals surface area contributed by atoms with Crippen LogP contribution < -0.4 is 10.6 Å². The summed E-state index contributed by atoms with van der Waals surface area (Å²) in [7, 11) is 0. The third-order valence-corrected chi connectivity index (χ3v) is 9.79. The van der Waals surface area contributed by atoms with Crippen LogP contribution in [-0.4, -0.2) is 22.4 Å². The van der Waals surface area contributed by atoms with Gasteiger partial charge in [-0.2, -0.15) is 5.10 Å². The molecule has 2 amide bonds. The molecule has 4 aliphatic rings. The van der Waals surface area contributed by atoms with Gasteiger partial charge >= 0.3 is 6.03 Å². The molecule has 3 aromatic rings. The van der Waals surface area contributed by atoms with Crippen molar-refractivity contribution in [1.29, 1.82) is 0 Å². The molecule has 0 spiro atoms. The average molecular weight is 572 g/mol. The number of carbonyl (C=O) groups is 1. The SMILES string of the molecule is Cc1c(CNC(=O)NCCC23CC4CC(CC(C4)C2)C3)nn(-c2ccc(Cl)cc2Cl)c1-c1ccc(Cl)cc1. The zero-order valence-electron chi connectivity index (χ0n) is 21.6. The van der Waals surface area contributed by atoms with E-state index in [1.165, 1.54) is 38.5 Å². The van der Waals surface area contributed by atoms with Gasteiger partial charge in [-0.05, 0) is 105 Å². The van der Waals surface area contributed by atoms with Crippen LogP contribution in [0, 0.1) is 30.1 Å². The Morgan fingerprint density at radius 3 is 2.21 bits per heavy atom. The van der Waals surface area contributed by atoms with E-state index < -0.39 is 0 Å². The molecule has 5 nitrogen and oxygen atoms in total. The topological polar surface area (TPSA) is 59.0 Å². The van der Waals surface area contributed by atoms with Crippen LogP contribution in [0.15, 0.2) is 42.5 Å². The Hall–Kier alpha value is -2.21. The van der Waals surface area contributed by atoms with E-state index >= 15 is 0 Å². The van der Waals surface area contributed by atoms with Gasteiger partial charge in [-0.3, -0.25) is 0 Å². The standard InChI is InChI=1S/C30H33Cl3N4O/c1-18-26(17-35-29(38)34-9-8-30-14-19-10-20(15-30)12-21(11-19)16-30)36-37(27-7-6-24(32)13-25(27)33)28(18)22-2-4-23(31)5-3-22/h2-7,13,19-21H,8-12,14-17H2,1H3,(H2,34,35,38). The lowest BCUT2D eigenvalue weighted by atomic mass is 9.49. The molecule has 1 aromatic heterocycles. The second-order valence-electron chi connectivity index (χ2n) is 11.7. The highest BCUT2D eigenvalue weighted by Gasteiger charge is 2.50. The van der Waals surface area contributed by atoms with Crippen LogP contribution >= 0.6 is 34.8 Å². The summed E-state index contributed by atoms with van der Waals surface area (Å²) in [6, 6.07) is 12.8. The van der Waals surface area contributed by atoms with Gasteiger partial charge in [0.25, 0.3) is 0 Å². The number of amides is 2. The molecule has 4 bridgehead atoms. The van der Waals surface area contributed by atoms with Crippen LogP contribution in [0.4, 0.5) is 4.79 Å². The summed E-state index contributed by atoms with van der Waals surface area (Å²) in [5.41, 5.74) is 4.77. The van der Waals surface area contributed by atoms with Gasteiger partial charge in [0.2, 0.25) is 0 Å². The number of urea groups is 1. The van der Waals surface area contributed by atoms with Crippen LogP contribution in [0.3, 0.4) is 0 Å². The molecule has 0 radical (unpaired) electrons. The third-order valence-electron chi connectivity index (χ3n) is 9.00. The quantitative estimate of drug-likeness (QED) is 0.300. The predicted octanol–water partition coefficient (Wildman–Crippen LogP) is 8.21. The lowest BCUT2D eigenvalue weighted by Gasteiger charge is -2.57. The number of benzene rings is 2. The molecule has 38 heavy (non-hydrogen) atoms. The summed E-state index contributed by atoms with van der Waals surface area (Å²) >= 11 is 18.9. The van der Waals surface area contributed by atoms with E-state index in [1.54, 1.807) is 12.1 Å². The van der Waals surface area contributed by atoms with Crippen molar-refractivity contribution >= 4 is 40.8 Å². The lowest BCUT2D eigenvalue weighted by Crippen LogP contribution is -2.47. The molecule has 1 heterocycles. The molecular formula is C30H33Cl3N4O. The van der Waals surface area contributed by atoms with Gasteiger partial charge in [-0.1, -0.05) is 46.9 Å². The summed E-state index contributed by atoms with van der Waals surface area (Å²) in [4.78, 5) is 12.8. The normalized spacial score (nSPS) is 25.5. The van der Waals surface area contributed by atoms with Crippen molar-refractivity contribution in [3.05, 3.63) is 68.8 Å². The van der Waals surface area contributed by atoms with Crippen molar-refractivity contribution in [2.45, 2.75) is 58.4 Å². The van der Waals surface area contributed by atoms with E-state index in [4.69, 9.17) is 39.9 Å². The molecule has 200 valence electrons. The summed E-state index contributed by atoms with van der Waals surface area (Å²) in [5, 5.41) is 12.7. The minimum Gasteiger partial charge on any atom is -0.338 e. The van der Waals surface area contributed by atoms with Crippen molar-refractivity contribution in [3.63, 3.8) is 0 Å². The van der Waals surface area contributed by atoms with Crippen molar-refractivity contribution < 1.29 is 4.79 Å². The van der Waals surface area contributed by atoms with Gasteiger partial charge in [0, 0.05) is 27.7 Å². The van der Waals surface area contributed by atoms with Gasteiger partial charge in [-0.15, -0.1) is 0 Å². The number of aromatic nitrogens is 2. The smallest absolute Gasteiger partial charge is 0.315 e. The molecule has 4 saturated carbocycles. The van der Waals surface area contributed by atoms with Crippen molar-refractivity contribution in [2.24, 2.45) is 23.2 Å². The first-order chi connectivity index (χ1) is 18.3. The van der Waals surface area contributed by atoms with Crippen molar-refractivity contribution in [3.8, 4) is 16.9 Å². The first kappa shape index (κ1) is 26.0. The van der Waals surface area contributed by atoms with Crippen LogP contribution in [0.25, 0.3) is 16.9 Å². The molecule has 8 heteroatoms. The van der Waals surface area contributed by atoms with Gasteiger partial charge in [0.15, 0.2) is 0 Å². The molecule has 0 atom stereocenters. The van der Waals surface area contributed by atoms with Crippen LogP contribution in [-0.2, 0) is 6.54 Å². The van der Waals surface area contributed by atoms with Gasteiger partial charge in [0.1, 0.15) is 0 Å². The van der Waals surface area contributed by atoms with E-state index in [9.17, 15) is 4.79 Å². The van der Waals surface area contributed by atoms with E-state index in [1.807, 2.05) is 41.9 Å². The Kier molecular flexibility index (Phi) is 7.13. The molecule has 2 N–H and O–H groups in total. The van der Waals surface area contributed by atoms with E-state index in [-0.39, 0.29) is 6.03 Å². The number of hydrogen-bond acceptors (Lipinski definition) is 2. The second-order valence-corrected chi connectivity index (χ2v) is 13.0. The molecular weight excluding hydrogens is 539 g/mol. The maximum absolute atomic E-state index is 12.8. The highest BCUT2D eigenvalue weighted by molar-refractivity contribution is 6.35. The first-order valence-corrected chi connectivity index (χ1v) is 14.7. The van der Waals surface area contributed by atoms with E-state index in [0.29, 0.717) is 27.0 Å². The molecule has 4 aliphatic carbocycles. The molecule has 2 aromatic carbocycles. The summed E-state index contributed by atoms with van der Waals surface area (Å²) in [6.45, 7) is 3.05. The fraction of sp³-hybridized carbons (Fsp3) is 0.467. The minimum absolute atomic E-state index is 0.152. The van der Waals surface area contributed by atoms with Crippen molar-refractivity contribution in [2.75, 3.05) is 6.54 Å². The van der Waals surface area contributed by atoms with Crippen LogP contribution in [0.1, 0.15) is 56.2 Å². The number of nitrogens with one attached hydrogen (secondary N) is 2. The highest BCUT2D eigenvalue weighted by atomic mass is 35.5. The fourth-order valence-electron chi connectivity index (χ4n) is 7.75. The Morgan fingerprint density at radius 2 is 1.58 bits per heavy atom. The van der Waals surface area contributed by atoms with Crippen LogP contribution in [0.5, 0.6) is 0 Å². The first-order valence-electron chi connectivity index (χ1n) is 13.6. The molecule has 0 aliphatic heterocycles. The van der Waals surface area contributed by atoms with Gasteiger partial charge < -0.3 is 10.6 Å². The van der Waals surface area contributed by atoms with Gasteiger partial charge in [0.05, 0.1) is 28.6 Å². The number of nitrogens with zero attached hydrogens (tertiary/aromatic N) is 2. The molecule has 4 fully saturated rings. The number of carbonyl (C=O) groups excluding carboxylic acids is 1. The minimum atomic E-state index is -0.152. The lowest BCUT2D eigenvalue weighted by molar-refractivity contribution is -0.0563. The second kappa shape index (κ2) is 10.4. The Balaban J connectivity index is 1.15. The monoisotopic (exact) mass is 570 g/mol. The summed E-state index contributed by atoms with van der Waals surface area (Å²) < 4.78 is 1.82. The van der Waals surface area contributed by atoms with E-state index in [0.717, 1.165) is 58.9 Å². The summed E-state index contributed by atoms with van der Waals surface area (Å²) in [6.07, 6.45) is 9.50. The fourth-order valence-corrected chi connectivity index (χ4v) is 8.36. The summed E-state index contributed by atoms with van der Waals surface area (Å²) in [5.74, 6) is 2.78. The number of halogens is 3. The zero-order valence-corrected chi connectivity index (χ0v) is 23.8. The molecule has 0 saturated heterocycles.